The van der Waals surface area contributed by atoms with E-state index in [1.807, 2.05) is 86.8 Å². The van der Waals surface area contributed by atoms with Crippen molar-refractivity contribution in [3.05, 3.63) is 90.3 Å². The summed E-state index contributed by atoms with van der Waals surface area (Å²) in [6, 6.07) is 21.7. The first-order chi connectivity index (χ1) is 13.5. The van der Waals surface area contributed by atoms with E-state index in [2.05, 4.69) is 4.98 Å². The lowest BCUT2D eigenvalue weighted by Crippen LogP contribution is -2.28. The van der Waals surface area contributed by atoms with Gasteiger partial charge in [0.2, 0.25) is 0 Å². The van der Waals surface area contributed by atoms with Crippen LogP contribution in [0.4, 0.5) is 0 Å². The Morgan fingerprint density at radius 1 is 0.929 bits per heavy atom. The van der Waals surface area contributed by atoms with Gasteiger partial charge in [-0.1, -0.05) is 74.5 Å². The molecule has 0 spiro atoms. The van der Waals surface area contributed by atoms with Crippen molar-refractivity contribution in [1.82, 2.24) is 4.98 Å². The van der Waals surface area contributed by atoms with Gasteiger partial charge in [-0.2, -0.15) is 0 Å². The maximum atomic E-state index is 11.7. The van der Waals surface area contributed by atoms with Crippen LogP contribution in [0.25, 0.3) is 11.1 Å². The number of pyridine rings is 1. The maximum Gasteiger partial charge on any atom is 0.332 e. The van der Waals surface area contributed by atoms with Crippen molar-refractivity contribution in [3.63, 3.8) is 0 Å². The molecule has 4 heteroatoms. The van der Waals surface area contributed by atoms with Gasteiger partial charge in [-0.3, -0.25) is 4.98 Å². The molecule has 1 N–H and O–H groups in total. The Morgan fingerprint density at radius 3 is 2.18 bits per heavy atom. The normalized spacial score (nSPS) is 13.2. The van der Waals surface area contributed by atoms with Gasteiger partial charge >= 0.3 is 5.97 Å². The highest BCUT2D eigenvalue weighted by molar-refractivity contribution is 5.72. The second kappa shape index (κ2) is 9.29. The van der Waals surface area contributed by atoms with E-state index >= 15 is 0 Å². The van der Waals surface area contributed by atoms with E-state index in [-0.39, 0.29) is 5.92 Å². The summed E-state index contributed by atoms with van der Waals surface area (Å²) in [4.78, 5) is 15.9. The fraction of sp³-hybridized carbons (Fsp3) is 0.250. The van der Waals surface area contributed by atoms with Gasteiger partial charge in [0.15, 0.2) is 6.10 Å². The van der Waals surface area contributed by atoms with E-state index in [0.717, 1.165) is 22.3 Å². The monoisotopic (exact) mass is 375 g/mol. The highest BCUT2D eigenvalue weighted by Crippen LogP contribution is 2.30. The van der Waals surface area contributed by atoms with E-state index < -0.39 is 18.2 Å². The molecule has 0 fully saturated rings. The molecule has 4 nitrogen and oxygen atoms in total. The third kappa shape index (κ3) is 5.05. The van der Waals surface area contributed by atoms with Gasteiger partial charge in [-0.15, -0.1) is 0 Å². The molecule has 0 aliphatic carbocycles. The van der Waals surface area contributed by atoms with Crippen LogP contribution in [0.15, 0.2) is 79.1 Å². The van der Waals surface area contributed by atoms with Crippen LogP contribution in [0.3, 0.4) is 0 Å². The minimum Gasteiger partial charge on any atom is -0.479 e. The van der Waals surface area contributed by atoms with Crippen LogP contribution in [-0.4, -0.2) is 22.2 Å². The average Bonchev–Trinajstić information content (AvgIpc) is 2.72. The minimum atomic E-state index is -0.929. The number of ether oxygens (including phenoxy) is 1. The first-order valence-electron chi connectivity index (χ1n) is 9.48. The minimum absolute atomic E-state index is 0.227. The zero-order chi connectivity index (χ0) is 19.9. The summed E-state index contributed by atoms with van der Waals surface area (Å²) in [5, 5.41) is 9.63. The standard InChI is InChI=1S/C24H25NO3/c1-17(2)15-22(24(26)27)28-23(19-7-4-3-5-8-19)20-12-10-18(11-13-20)21-9-6-14-25-16-21/h3-14,16-17,22-23H,15H2,1-2H3,(H,26,27)/t22-,23+/m0/s1. The number of carboxylic acid groups (broad SMARTS) is 1. The van der Waals surface area contributed by atoms with Crippen molar-refractivity contribution in [1.29, 1.82) is 0 Å². The molecule has 0 bridgehead atoms. The van der Waals surface area contributed by atoms with Gasteiger partial charge in [0.1, 0.15) is 6.10 Å². The van der Waals surface area contributed by atoms with Crippen LogP contribution in [0, 0.1) is 5.92 Å². The Bertz CT molecular complexity index is 877. The van der Waals surface area contributed by atoms with Crippen LogP contribution in [0.1, 0.15) is 37.5 Å². The predicted molar refractivity (Wildman–Crippen MR) is 110 cm³/mol. The molecule has 28 heavy (non-hydrogen) atoms. The number of aliphatic carboxylic acids is 1. The molecule has 0 aliphatic rings. The van der Waals surface area contributed by atoms with Crippen molar-refractivity contribution in [2.75, 3.05) is 0 Å². The molecule has 144 valence electrons. The molecule has 0 saturated heterocycles. The molecule has 3 aromatic rings. The first-order valence-corrected chi connectivity index (χ1v) is 9.48. The number of aromatic nitrogens is 1. The van der Waals surface area contributed by atoms with Crippen molar-refractivity contribution >= 4 is 5.97 Å². The van der Waals surface area contributed by atoms with Gasteiger partial charge in [0.25, 0.3) is 0 Å². The number of hydrogen-bond donors (Lipinski definition) is 1. The molecule has 2 aromatic carbocycles. The number of rotatable bonds is 8. The van der Waals surface area contributed by atoms with Crippen LogP contribution >= 0.6 is 0 Å². The molecule has 2 atom stereocenters. The quantitative estimate of drug-likeness (QED) is 0.576. The Labute approximate surface area is 165 Å². The van der Waals surface area contributed by atoms with Gasteiger partial charge < -0.3 is 9.84 Å². The Morgan fingerprint density at radius 2 is 1.61 bits per heavy atom. The second-order valence-corrected chi connectivity index (χ2v) is 7.25. The lowest BCUT2D eigenvalue weighted by atomic mass is 9.97. The molecule has 0 unspecified atom stereocenters. The van der Waals surface area contributed by atoms with E-state index in [1.54, 1.807) is 6.20 Å². The second-order valence-electron chi connectivity index (χ2n) is 7.25. The summed E-state index contributed by atoms with van der Waals surface area (Å²) in [6.45, 7) is 4.00. The highest BCUT2D eigenvalue weighted by atomic mass is 16.5. The fourth-order valence-corrected chi connectivity index (χ4v) is 3.17. The first kappa shape index (κ1) is 19.8. The Balaban J connectivity index is 1.92. The Kier molecular flexibility index (Phi) is 6.56. The SMILES string of the molecule is CC(C)C[C@H](O[C@H](c1ccccc1)c1ccc(-c2cccnc2)cc1)C(=O)O. The lowest BCUT2D eigenvalue weighted by Gasteiger charge is -2.24. The third-order valence-corrected chi connectivity index (χ3v) is 4.57. The number of carbonyl (C=O) groups is 1. The zero-order valence-corrected chi connectivity index (χ0v) is 16.2. The molecule has 0 amide bonds. The maximum absolute atomic E-state index is 11.7. The largest absolute Gasteiger partial charge is 0.479 e. The summed E-state index contributed by atoms with van der Waals surface area (Å²) >= 11 is 0. The summed E-state index contributed by atoms with van der Waals surface area (Å²) < 4.78 is 6.13. The van der Waals surface area contributed by atoms with E-state index in [9.17, 15) is 9.90 Å². The molecule has 0 aliphatic heterocycles. The zero-order valence-electron chi connectivity index (χ0n) is 16.2. The molecule has 3 rings (SSSR count). The molecular weight excluding hydrogens is 350 g/mol. The van der Waals surface area contributed by atoms with Crippen LogP contribution < -0.4 is 0 Å². The van der Waals surface area contributed by atoms with E-state index in [1.165, 1.54) is 0 Å². The summed E-state index contributed by atoms with van der Waals surface area (Å²) in [5.41, 5.74) is 3.95. The average molecular weight is 375 g/mol. The van der Waals surface area contributed by atoms with Crippen molar-refractivity contribution in [3.8, 4) is 11.1 Å². The van der Waals surface area contributed by atoms with Gasteiger partial charge in [0, 0.05) is 12.4 Å². The number of benzene rings is 2. The van der Waals surface area contributed by atoms with Crippen molar-refractivity contribution in [2.45, 2.75) is 32.5 Å². The number of carboxylic acids is 1. The van der Waals surface area contributed by atoms with Gasteiger partial charge in [-0.05, 0) is 40.7 Å². The van der Waals surface area contributed by atoms with E-state index in [4.69, 9.17) is 4.74 Å². The van der Waals surface area contributed by atoms with Crippen LogP contribution in [0.5, 0.6) is 0 Å². The van der Waals surface area contributed by atoms with Gasteiger partial charge in [-0.25, -0.2) is 4.79 Å². The smallest absolute Gasteiger partial charge is 0.332 e. The predicted octanol–water partition coefficient (Wildman–Crippen LogP) is 5.35. The topological polar surface area (TPSA) is 59.4 Å². The number of nitrogens with zero attached hydrogens (tertiary/aromatic N) is 1. The molecule has 1 heterocycles. The Hall–Kier alpha value is -2.98. The van der Waals surface area contributed by atoms with Crippen LogP contribution in [0.2, 0.25) is 0 Å². The molecule has 0 saturated carbocycles. The van der Waals surface area contributed by atoms with Crippen molar-refractivity contribution < 1.29 is 14.6 Å². The summed E-state index contributed by atoms with van der Waals surface area (Å²) in [6.07, 6.45) is 2.74. The van der Waals surface area contributed by atoms with Crippen LogP contribution in [-0.2, 0) is 9.53 Å². The summed E-state index contributed by atoms with van der Waals surface area (Å²) in [5.74, 6) is -0.702. The van der Waals surface area contributed by atoms with Gasteiger partial charge in [0.05, 0.1) is 0 Å². The van der Waals surface area contributed by atoms with Crippen molar-refractivity contribution in [2.24, 2.45) is 5.92 Å². The third-order valence-electron chi connectivity index (χ3n) is 4.57. The van der Waals surface area contributed by atoms with E-state index in [0.29, 0.717) is 6.42 Å². The highest BCUT2D eigenvalue weighted by Gasteiger charge is 2.26. The molecule has 0 radical (unpaired) electrons. The lowest BCUT2D eigenvalue weighted by molar-refractivity contribution is -0.154. The fourth-order valence-electron chi connectivity index (χ4n) is 3.17. The summed E-state index contributed by atoms with van der Waals surface area (Å²) in [7, 11) is 0. The molecular formula is C24H25NO3. The number of hydrogen-bond acceptors (Lipinski definition) is 3. The molecule has 1 aromatic heterocycles.